The first-order chi connectivity index (χ1) is 10.1. The summed E-state index contributed by atoms with van der Waals surface area (Å²) in [6.45, 7) is 4.07. The van der Waals surface area contributed by atoms with Crippen LogP contribution in [0.1, 0.15) is 38.2 Å². The second kappa shape index (κ2) is 7.11. The molecule has 114 valence electrons. The Kier molecular flexibility index (Phi) is 5.20. The average Bonchev–Trinajstić information content (AvgIpc) is 3.27. The van der Waals surface area contributed by atoms with Crippen LogP contribution >= 0.6 is 0 Å². The van der Waals surface area contributed by atoms with Gasteiger partial charge in [-0.3, -0.25) is 9.59 Å². The topological polar surface area (TPSA) is 67.4 Å². The molecule has 0 atom stereocenters. The predicted octanol–water partition coefficient (Wildman–Crippen LogP) is 1.58. The zero-order valence-electron chi connectivity index (χ0n) is 12.5. The minimum absolute atomic E-state index is 0.00448. The van der Waals surface area contributed by atoms with E-state index in [9.17, 15) is 9.59 Å². The van der Waals surface area contributed by atoms with E-state index in [2.05, 4.69) is 24.5 Å². The highest BCUT2D eigenvalue weighted by molar-refractivity contribution is 5.85. The number of carbonyl (C=O) groups is 2. The first-order valence-electron chi connectivity index (χ1n) is 7.34. The second-order valence-electron chi connectivity index (χ2n) is 5.60. The molecule has 1 saturated carbocycles. The number of benzene rings is 1. The Hall–Kier alpha value is -2.04. The molecule has 0 heterocycles. The van der Waals surface area contributed by atoms with Crippen LogP contribution in [0.4, 0.5) is 0 Å². The van der Waals surface area contributed by atoms with E-state index in [4.69, 9.17) is 4.74 Å². The summed E-state index contributed by atoms with van der Waals surface area (Å²) in [4.78, 5) is 23.1. The Morgan fingerprint density at radius 2 is 1.95 bits per heavy atom. The molecule has 1 aliphatic carbocycles. The SMILES string of the molecule is CC(C)c1ccccc1OCC(=O)NCC(=O)NC1CC1. The third kappa shape index (κ3) is 5.10. The van der Waals surface area contributed by atoms with E-state index < -0.39 is 0 Å². The molecule has 0 bridgehead atoms. The molecular weight excluding hydrogens is 268 g/mol. The predicted molar refractivity (Wildman–Crippen MR) is 80.2 cm³/mol. The molecule has 0 saturated heterocycles. The molecule has 0 spiro atoms. The van der Waals surface area contributed by atoms with Crippen LogP contribution in [0.25, 0.3) is 0 Å². The molecule has 1 fully saturated rings. The van der Waals surface area contributed by atoms with Crippen molar-refractivity contribution in [3.63, 3.8) is 0 Å². The summed E-state index contributed by atoms with van der Waals surface area (Å²) in [5, 5.41) is 5.37. The molecule has 2 rings (SSSR count). The lowest BCUT2D eigenvalue weighted by Gasteiger charge is -2.13. The fourth-order valence-corrected chi connectivity index (χ4v) is 1.97. The molecule has 5 heteroatoms. The Morgan fingerprint density at radius 1 is 1.24 bits per heavy atom. The van der Waals surface area contributed by atoms with E-state index in [1.54, 1.807) is 0 Å². The fourth-order valence-electron chi connectivity index (χ4n) is 1.97. The first kappa shape index (κ1) is 15.4. The lowest BCUT2D eigenvalue weighted by molar-refractivity contribution is -0.127. The largest absolute Gasteiger partial charge is 0.483 e. The summed E-state index contributed by atoms with van der Waals surface area (Å²) in [6.07, 6.45) is 2.07. The van der Waals surface area contributed by atoms with Crippen LogP contribution in [-0.4, -0.2) is 31.0 Å². The molecule has 5 nitrogen and oxygen atoms in total. The van der Waals surface area contributed by atoms with Gasteiger partial charge in [0, 0.05) is 6.04 Å². The minimum Gasteiger partial charge on any atom is -0.483 e. The number of para-hydroxylation sites is 1. The monoisotopic (exact) mass is 290 g/mol. The van der Waals surface area contributed by atoms with Gasteiger partial charge in [-0.05, 0) is 30.4 Å². The van der Waals surface area contributed by atoms with Gasteiger partial charge in [0.15, 0.2) is 6.61 Å². The van der Waals surface area contributed by atoms with E-state index in [-0.39, 0.29) is 25.0 Å². The summed E-state index contributed by atoms with van der Waals surface area (Å²) in [5.74, 6) is 0.603. The van der Waals surface area contributed by atoms with Crippen LogP contribution in [0.3, 0.4) is 0 Å². The molecule has 0 unspecified atom stereocenters. The number of hydrogen-bond donors (Lipinski definition) is 2. The normalized spacial score (nSPS) is 13.9. The lowest BCUT2D eigenvalue weighted by atomic mass is 10.0. The van der Waals surface area contributed by atoms with Gasteiger partial charge in [-0.2, -0.15) is 0 Å². The average molecular weight is 290 g/mol. The van der Waals surface area contributed by atoms with E-state index in [1.165, 1.54) is 0 Å². The highest BCUT2D eigenvalue weighted by Gasteiger charge is 2.23. The van der Waals surface area contributed by atoms with Crippen LogP contribution in [0.2, 0.25) is 0 Å². The Labute approximate surface area is 125 Å². The van der Waals surface area contributed by atoms with Crippen molar-refractivity contribution in [2.45, 2.75) is 38.6 Å². The van der Waals surface area contributed by atoms with Gasteiger partial charge in [-0.1, -0.05) is 32.0 Å². The Bertz CT molecular complexity index is 510. The Balaban J connectivity index is 1.74. The zero-order valence-corrected chi connectivity index (χ0v) is 12.5. The second-order valence-corrected chi connectivity index (χ2v) is 5.60. The maximum absolute atomic E-state index is 11.7. The van der Waals surface area contributed by atoms with Crippen molar-refractivity contribution in [1.82, 2.24) is 10.6 Å². The van der Waals surface area contributed by atoms with Crippen LogP contribution in [0.15, 0.2) is 24.3 Å². The third-order valence-corrected chi connectivity index (χ3v) is 3.29. The van der Waals surface area contributed by atoms with Crippen molar-refractivity contribution < 1.29 is 14.3 Å². The molecule has 0 radical (unpaired) electrons. The highest BCUT2D eigenvalue weighted by Crippen LogP contribution is 2.25. The molecule has 1 aromatic rings. The van der Waals surface area contributed by atoms with Crippen LogP contribution in [0, 0.1) is 0 Å². The maximum atomic E-state index is 11.7. The van der Waals surface area contributed by atoms with Gasteiger partial charge in [0.25, 0.3) is 5.91 Å². The molecule has 0 aromatic heterocycles. The number of rotatable bonds is 7. The summed E-state index contributed by atoms with van der Waals surface area (Å²) in [6, 6.07) is 7.97. The third-order valence-electron chi connectivity index (χ3n) is 3.29. The summed E-state index contributed by atoms with van der Waals surface area (Å²) >= 11 is 0. The van der Waals surface area contributed by atoms with Gasteiger partial charge in [-0.15, -0.1) is 0 Å². The molecule has 0 aliphatic heterocycles. The van der Waals surface area contributed by atoms with E-state index in [0.29, 0.717) is 17.7 Å². The smallest absolute Gasteiger partial charge is 0.258 e. The summed E-state index contributed by atoms with van der Waals surface area (Å²) in [5.41, 5.74) is 1.07. The number of carbonyl (C=O) groups excluding carboxylic acids is 2. The summed E-state index contributed by atoms with van der Waals surface area (Å²) < 4.78 is 5.54. The quantitative estimate of drug-likeness (QED) is 0.801. The van der Waals surface area contributed by atoms with E-state index >= 15 is 0 Å². The van der Waals surface area contributed by atoms with E-state index in [1.807, 2.05) is 24.3 Å². The van der Waals surface area contributed by atoms with Gasteiger partial charge < -0.3 is 15.4 Å². The van der Waals surface area contributed by atoms with Gasteiger partial charge >= 0.3 is 0 Å². The molecular formula is C16H22N2O3. The maximum Gasteiger partial charge on any atom is 0.258 e. The van der Waals surface area contributed by atoms with Gasteiger partial charge in [-0.25, -0.2) is 0 Å². The molecule has 1 aliphatic rings. The number of nitrogens with one attached hydrogen (secondary N) is 2. The van der Waals surface area contributed by atoms with Crippen LogP contribution < -0.4 is 15.4 Å². The van der Waals surface area contributed by atoms with Crippen LogP contribution in [-0.2, 0) is 9.59 Å². The standard InChI is InChI=1S/C16H22N2O3/c1-11(2)13-5-3-4-6-14(13)21-10-16(20)17-9-15(19)18-12-7-8-12/h3-6,11-12H,7-10H2,1-2H3,(H,17,20)(H,18,19). The van der Waals surface area contributed by atoms with Gasteiger partial charge in [0.2, 0.25) is 5.91 Å². The van der Waals surface area contributed by atoms with Gasteiger partial charge in [0.1, 0.15) is 5.75 Å². The number of hydrogen-bond acceptors (Lipinski definition) is 3. The zero-order chi connectivity index (χ0) is 15.2. The molecule has 2 amide bonds. The van der Waals surface area contributed by atoms with Crippen LogP contribution in [0.5, 0.6) is 5.75 Å². The van der Waals surface area contributed by atoms with Crippen molar-refractivity contribution in [2.75, 3.05) is 13.2 Å². The fraction of sp³-hybridized carbons (Fsp3) is 0.500. The van der Waals surface area contributed by atoms with Crippen molar-refractivity contribution >= 4 is 11.8 Å². The Morgan fingerprint density at radius 3 is 2.62 bits per heavy atom. The van der Waals surface area contributed by atoms with E-state index in [0.717, 1.165) is 18.4 Å². The van der Waals surface area contributed by atoms with Crippen molar-refractivity contribution in [3.8, 4) is 5.75 Å². The van der Waals surface area contributed by atoms with Crippen molar-refractivity contribution in [2.24, 2.45) is 0 Å². The van der Waals surface area contributed by atoms with Crippen molar-refractivity contribution in [1.29, 1.82) is 0 Å². The molecule has 21 heavy (non-hydrogen) atoms. The highest BCUT2D eigenvalue weighted by atomic mass is 16.5. The minimum atomic E-state index is -0.292. The first-order valence-corrected chi connectivity index (χ1v) is 7.34. The summed E-state index contributed by atoms with van der Waals surface area (Å²) in [7, 11) is 0. The molecule has 1 aromatic carbocycles. The van der Waals surface area contributed by atoms with Gasteiger partial charge in [0.05, 0.1) is 6.54 Å². The lowest BCUT2D eigenvalue weighted by Crippen LogP contribution is -2.39. The molecule has 2 N–H and O–H groups in total. The number of amides is 2. The van der Waals surface area contributed by atoms with Crippen molar-refractivity contribution in [3.05, 3.63) is 29.8 Å². The number of ether oxygens (including phenoxy) is 1.